The van der Waals surface area contributed by atoms with E-state index in [2.05, 4.69) is 65.6 Å². The van der Waals surface area contributed by atoms with Crippen LogP contribution < -0.4 is 4.90 Å². The van der Waals surface area contributed by atoms with Crippen LogP contribution >= 0.6 is 11.6 Å². The summed E-state index contributed by atoms with van der Waals surface area (Å²) in [5, 5.41) is 0.805. The molecular weight excluding hydrogens is 326 g/mol. The molecule has 0 bridgehead atoms. The maximum absolute atomic E-state index is 6.10. The zero-order valence-electron chi connectivity index (χ0n) is 14.4. The normalized spacial score (nSPS) is 22.4. The summed E-state index contributed by atoms with van der Waals surface area (Å²) in [7, 11) is 0. The Hall–Kier alpha value is -1.99. The summed E-state index contributed by atoms with van der Waals surface area (Å²) in [4.78, 5) is 2.58. The summed E-state index contributed by atoms with van der Waals surface area (Å²) in [6, 6.07) is 19.7. The maximum atomic E-state index is 6.10. The van der Waals surface area contributed by atoms with Gasteiger partial charge in [-0.05, 0) is 67.0 Å². The van der Waals surface area contributed by atoms with Gasteiger partial charge in [0.05, 0.1) is 6.04 Å². The molecule has 2 aromatic carbocycles. The molecule has 0 amide bonds. The third kappa shape index (κ3) is 3.67. The molecule has 1 nitrogen and oxygen atoms in total. The number of aryl methyl sites for hydroxylation is 1. The molecule has 0 radical (unpaired) electrons. The minimum absolute atomic E-state index is 0.477. The van der Waals surface area contributed by atoms with Crippen molar-refractivity contribution in [1.82, 2.24) is 0 Å². The number of rotatable bonds is 4. The molecule has 128 valence electrons. The van der Waals surface area contributed by atoms with Gasteiger partial charge in [-0.25, -0.2) is 0 Å². The molecule has 2 aliphatic rings. The van der Waals surface area contributed by atoms with E-state index in [1.54, 1.807) is 5.57 Å². The average Bonchev–Trinajstić information content (AvgIpc) is 2.67. The van der Waals surface area contributed by atoms with Crippen LogP contribution in [0.1, 0.15) is 24.8 Å². The van der Waals surface area contributed by atoms with Crippen molar-refractivity contribution in [2.45, 2.75) is 31.7 Å². The Morgan fingerprint density at radius 2 is 1.80 bits per heavy atom. The van der Waals surface area contributed by atoms with Gasteiger partial charge in [-0.15, -0.1) is 0 Å². The highest BCUT2D eigenvalue weighted by Crippen LogP contribution is 2.38. The summed E-state index contributed by atoms with van der Waals surface area (Å²) < 4.78 is 0. The highest BCUT2D eigenvalue weighted by molar-refractivity contribution is 6.30. The van der Waals surface area contributed by atoms with Gasteiger partial charge < -0.3 is 4.90 Å². The SMILES string of the molecule is Clc1ccc(N2CCC3CC=CC=C3C2CCc2ccccc2)cc1. The molecule has 1 aliphatic heterocycles. The number of benzene rings is 2. The van der Waals surface area contributed by atoms with Gasteiger partial charge in [0, 0.05) is 17.3 Å². The molecular formula is C23H24ClN. The number of allylic oxidation sites excluding steroid dienone is 3. The van der Waals surface area contributed by atoms with Crippen molar-refractivity contribution >= 4 is 17.3 Å². The van der Waals surface area contributed by atoms with Gasteiger partial charge in [0.1, 0.15) is 0 Å². The van der Waals surface area contributed by atoms with E-state index in [1.165, 1.54) is 24.1 Å². The lowest BCUT2D eigenvalue weighted by molar-refractivity contribution is 0.428. The summed E-state index contributed by atoms with van der Waals surface area (Å²) in [6.07, 6.45) is 11.6. The number of fused-ring (bicyclic) bond motifs is 1. The van der Waals surface area contributed by atoms with Gasteiger partial charge >= 0.3 is 0 Å². The van der Waals surface area contributed by atoms with E-state index in [0.717, 1.165) is 24.4 Å². The minimum Gasteiger partial charge on any atom is -0.365 e. The van der Waals surface area contributed by atoms with E-state index in [4.69, 9.17) is 11.6 Å². The van der Waals surface area contributed by atoms with Crippen molar-refractivity contribution in [3.63, 3.8) is 0 Å². The zero-order chi connectivity index (χ0) is 17.1. The maximum Gasteiger partial charge on any atom is 0.0511 e. The van der Waals surface area contributed by atoms with Crippen LogP contribution in [-0.4, -0.2) is 12.6 Å². The van der Waals surface area contributed by atoms with Crippen LogP contribution in [-0.2, 0) is 6.42 Å². The smallest absolute Gasteiger partial charge is 0.0511 e. The van der Waals surface area contributed by atoms with Crippen molar-refractivity contribution in [3.05, 3.63) is 89.0 Å². The van der Waals surface area contributed by atoms with Crippen molar-refractivity contribution in [2.24, 2.45) is 5.92 Å². The third-order valence-corrected chi connectivity index (χ3v) is 5.76. The molecule has 1 heterocycles. The van der Waals surface area contributed by atoms with Gasteiger partial charge in [-0.1, -0.05) is 60.2 Å². The van der Waals surface area contributed by atoms with Gasteiger partial charge in [0.15, 0.2) is 0 Å². The Balaban J connectivity index is 1.61. The molecule has 0 spiro atoms. The highest BCUT2D eigenvalue weighted by Gasteiger charge is 2.33. The van der Waals surface area contributed by atoms with Gasteiger partial charge in [-0.3, -0.25) is 0 Å². The summed E-state index contributed by atoms with van der Waals surface area (Å²) in [5.74, 6) is 0.717. The highest BCUT2D eigenvalue weighted by atomic mass is 35.5. The van der Waals surface area contributed by atoms with Crippen LogP contribution in [0.3, 0.4) is 0 Å². The van der Waals surface area contributed by atoms with Gasteiger partial charge in [0.2, 0.25) is 0 Å². The molecule has 0 saturated carbocycles. The second kappa shape index (κ2) is 7.49. The lowest BCUT2D eigenvalue weighted by atomic mass is 9.78. The fraction of sp³-hybridized carbons (Fsp3) is 0.304. The van der Waals surface area contributed by atoms with E-state index in [0.29, 0.717) is 12.0 Å². The first kappa shape index (κ1) is 16.5. The van der Waals surface area contributed by atoms with E-state index in [9.17, 15) is 0 Å². The molecule has 4 rings (SSSR count). The number of nitrogens with zero attached hydrogens (tertiary/aromatic N) is 1. The first-order chi connectivity index (χ1) is 12.3. The topological polar surface area (TPSA) is 3.24 Å². The zero-order valence-corrected chi connectivity index (χ0v) is 15.2. The van der Waals surface area contributed by atoms with Crippen molar-refractivity contribution in [1.29, 1.82) is 0 Å². The first-order valence-corrected chi connectivity index (χ1v) is 9.62. The molecule has 2 heteroatoms. The molecule has 2 aromatic rings. The van der Waals surface area contributed by atoms with Crippen LogP contribution in [0.15, 0.2) is 78.4 Å². The first-order valence-electron chi connectivity index (χ1n) is 9.24. The van der Waals surface area contributed by atoms with E-state index in [1.807, 2.05) is 12.1 Å². The second-order valence-corrected chi connectivity index (χ2v) is 7.46. The average molecular weight is 350 g/mol. The second-order valence-electron chi connectivity index (χ2n) is 7.03. The summed E-state index contributed by atoms with van der Waals surface area (Å²) in [6.45, 7) is 1.12. The fourth-order valence-electron chi connectivity index (χ4n) is 4.20. The molecule has 2 atom stereocenters. The van der Waals surface area contributed by atoms with Crippen LogP contribution in [0.2, 0.25) is 5.02 Å². The van der Waals surface area contributed by atoms with Crippen LogP contribution in [0.25, 0.3) is 0 Å². The van der Waals surface area contributed by atoms with Crippen LogP contribution in [0.5, 0.6) is 0 Å². The Morgan fingerprint density at radius 1 is 1.00 bits per heavy atom. The molecule has 1 saturated heterocycles. The third-order valence-electron chi connectivity index (χ3n) is 5.50. The number of piperidine rings is 1. The Bertz CT molecular complexity index is 760. The lowest BCUT2D eigenvalue weighted by Gasteiger charge is -2.44. The molecule has 0 N–H and O–H groups in total. The van der Waals surface area contributed by atoms with Crippen LogP contribution in [0.4, 0.5) is 5.69 Å². The predicted molar refractivity (Wildman–Crippen MR) is 107 cm³/mol. The van der Waals surface area contributed by atoms with E-state index < -0.39 is 0 Å². The molecule has 1 aliphatic carbocycles. The van der Waals surface area contributed by atoms with Crippen molar-refractivity contribution in [2.75, 3.05) is 11.4 Å². The number of halogens is 1. The van der Waals surface area contributed by atoms with E-state index in [-0.39, 0.29) is 0 Å². The van der Waals surface area contributed by atoms with E-state index >= 15 is 0 Å². The van der Waals surface area contributed by atoms with Gasteiger partial charge in [-0.2, -0.15) is 0 Å². The quantitative estimate of drug-likeness (QED) is 0.649. The minimum atomic E-state index is 0.477. The van der Waals surface area contributed by atoms with Gasteiger partial charge in [0.25, 0.3) is 0 Å². The van der Waals surface area contributed by atoms with Crippen LogP contribution in [0, 0.1) is 5.92 Å². The summed E-state index contributed by atoms with van der Waals surface area (Å²) >= 11 is 6.10. The Kier molecular flexibility index (Phi) is 4.94. The van der Waals surface area contributed by atoms with Crippen molar-refractivity contribution in [3.8, 4) is 0 Å². The Morgan fingerprint density at radius 3 is 2.60 bits per heavy atom. The predicted octanol–water partition coefficient (Wildman–Crippen LogP) is 6.05. The monoisotopic (exact) mass is 349 g/mol. The van der Waals surface area contributed by atoms with Crippen molar-refractivity contribution < 1.29 is 0 Å². The largest absolute Gasteiger partial charge is 0.365 e. The summed E-state index contributed by atoms with van der Waals surface area (Å²) in [5.41, 5.74) is 4.32. The fourth-order valence-corrected chi connectivity index (χ4v) is 4.33. The standard InChI is InChI=1S/C23H24ClN/c24-20-11-13-21(14-12-20)25-17-16-19-8-4-5-9-22(19)23(25)15-10-18-6-2-1-3-7-18/h1-7,9,11-14,19,23H,8,10,15-17H2. The molecule has 1 fully saturated rings. The molecule has 25 heavy (non-hydrogen) atoms. The lowest BCUT2D eigenvalue weighted by Crippen LogP contribution is -2.45. The number of hydrogen-bond acceptors (Lipinski definition) is 1. The molecule has 2 unspecified atom stereocenters. The number of anilines is 1. The Labute approximate surface area is 155 Å². The molecule has 0 aromatic heterocycles. The number of hydrogen-bond donors (Lipinski definition) is 0.